The summed E-state index contributed by atoms with van der Waals surface area (Å²) in [6.07, 6.45) is 0. The second-order valence-electron chi connectivity index (χ2n) is 3.68. The van der Waals surface area contributed by atoms with Crippen LogP contribution >= 0.6 is 0 Å². The van der Waals surface area contributed by atoms with Crippen LogP contribution in [-0.4, -0.2) is 32.8 Å². The van der Waals surface area contributed by atoms with Gasteiger partial charge in [0.15, 0.2) is 6.61 Å². The molecule has 0 aliphatic carbocycles. The second-order valence-corrected chi connectivity index (χ2v) is 3.68. The first-order valence-corrected chi connectivity index (χ1v) is 5.52. The molecule has 6 heteroatoms. The highest BCUT2D eigenvalue weighted by Crippen LogP contribution is 2.19. The molecule has 0 aromatic heterocycles. The van der Waals surface area contributed by atoms with Gasteiger partial charge < -0.3 is 20.5 Å². The van der Waals surface area contributed by atoms with Crippen LogP contribution in [0, 0.1) is 5.82 Å². The minimum absolute atomic E-state index is 0.225. The van der Waals surface area contributed by atoms with Crippen molar-refractivity contribution in [3.8, 4) is 5.75 Å². The van der Waals surface area contributed by atoms with Gasteiger partial charge in [0.25, 0.3) is 5.91 Å². The van der Waals surface area contributed by atoms with Crippen molar-refractivity contribution in [3.05, 3.63) is 29.6 Å². The predicted octanol–water partition coefficient (Wildman–Crippen LogP) is 0.426. The summed E-state index contributed by atoms with van der Waals surface area (Å²) < 4.78 is 23.2. The quantitative estimate of drug-likeness (QED) is 0.661. The molecule has 0 saturated heterocycles. The van der Waals surface area contributed by atoms with Crippen LogP contribution in [0.4, 0.5) is 4.39 Å². The molecule has 1 amide bonds. The van der Waals surface area contributed by atoms with E-state index in [-0.39, 0.29) is 12.4 Å². The number of hydrogen-bond donors (Lipinski definition) is 2. The maximum Gasteiger partial charge on any atom is 0.255 e. The molecule has 0 radical (unpaired) electrons. The Morgan fingerprint density at radius 1 is 1.50 bits per heavy atom. The summed E-state index contributed by atoms with van der Waals surface area (Å²) in [5.41, 5.74) is 5.62. The first-order chi connectivity index (χ1) is 8.63. The Balaban J connectivity index is 2.61. The lowest BCUT2D eigenvalue weighted by atomic mass is 10.2. The molecule has 0 bridgehead atoms. The standard InChI is InChI=1S/C12H17FN2O3/c1-17-5-4-15-7-9-6-10(13)2-3-11(9)18-8-12(14)16/h2-3,6,15H,4-5,7-8H2,1H3,(H2,14,16). The molecule has 100 valence electrons. The van der Waals surface area contributed by atoms with Gasteiger partial charge in [-0.1, -0.05) is 0 Å². The van der Waals surface area contributed by atoms with Gasteiger partial charge in [-0.05, 0) is 18.2 Å². The van der Waals surface area contributed by atoms with Crippen molar-refractivity contribution >= 4 is 5.91 Å². The Morgan fingerprint density at radius 2 is 2.28 bits per heavy atom. The average molecular weight is 256 g/mol. The Morgan fingerprint density at radius 3 is 2.94 bits per heavy atom. The van der Waals surface area contributed by atoms with Gasteiger partial charge in [-0.2, -0.15) is 0 Å². The molecule has 0 unspecified atom stereocenters. The van der Waals surface area contributed by atoms with Gasteiger partial charge in [0.05, 0.1) is 6.61 Å². The molecule has 0 aliphatic rings. The van der Waals surface area contributed by atoms with Crippen LogP contribution in [0.25, 0.3) is 0 Å². The summed E-state index contributed by atoms with van der Waals surface area (Å²) in [6.45, 7) is 1.40. The highest BCUT2D eigenvalue weighted by molar-refractivity contribution is 5.75. The second kappa shape index (κ2) is 7.62. The third kappa shape index (κ3) is 5.11. The summed E-state index contributed by atoms with van der Waals surface area (Å²) in [5, 5.41) is 3.07. The molecule has 0 heterocycles. The third-order valence-electron chi connectivity index (χ3n) is 2.19. The van der Waals surface area contributed by atoms with Gasteiger partial charge in [0.2, 0.25) is 0 Å². The number of carbonyl (C=O) groups is 1. The first-order valence-electron chi connectivity index (χ1n) is 5.52. The SMILES string of the molecule is COCCNCc1cc(F)ccc1OCC(N)=O. The average Bonchev–Trinajstić information content (AvgIpc) is 2.33. The lowest BCUT2D eigenvalue weighted by Crippen LogP contribution is -2.22. The number of rotatable bonds is 8. The zero-order chi connectivity index (χ0) is 13.4. The minimum Gasteiger partial charge on any atom is -0.483 e. The molecular weight excluding hydrogens is 239 g/mol. The summed E-state index contributed by atoms with van der Waals surface area (Å²) in [7, 11) is 1.60. The van der Waals surface area contributed by atoms with E-state index in [1.54, 1.807) is 7.11 Å². The fourth-order valence-corrected chi connectivity index (χ4v) is 1.37. The highest BCUT2D eigenvalue weighted by Gasteiger charge is 2.06. The fourth-order valence-electron chi connectivity index (χ4n) is 1.37. The minimum atomic E-state index is -0.572. The van der Waals surface area contributed by atoms with E-state index in [2.05, 4.69) is 5.32 Å². The van der Waals surface area contributed by atoms with Crippen LogP contribution in [0.5, 0.6) is 5.75 Å². The van der Waals surface area contributed by atoms with Crippen molar-refractivity contribution < 1.29 is 18.7 Å². The number of nitrogens with two attached hydrogens (primary N) is 1. The van der Waals surface area contributed by atoms with E-state index < -0.39 is 5.91 Å². The molecule has 0 fully saturated rings. The molecule has 3 N–H and O–H groups in total. The molecule has 5 nitrogen and oxygen atoms in total. The Hall–Kier alpha value is -1.66. The fraction of sp³-hybridized carbons (Fsp3) is 0.417. The Bertz CT molecular complexity index is 399. The number of methoxy groups -OCH3 is 1. The van der Waals surface area contributed by atoms with Gasteiger partial charge >= 0.3 is 0 Å². The van der Waals surface area contributed by atoms with Crippen LogP contribution in [0.15, 0.2) is 18.2 Å². The predicted molar refractivity (Wildman–Crippen MR) is 64.7 cm³/mol. The monoisotopic (exact) mass is 256 g/mol. The lowest BCUT2D eigenvalue weighted by molar-refractivity contribution is -0.119. The highest BCUT2D eigenvalue weighted by atomic mass is 19.1. The number of benzene rings is 1. The Kier molecular flexibility index (Phi) is 6.10. The maximum atomic E-state index is 13.1. The van der Waals surface area contributed by atoms with E-state index in [0.29, 0.717) is 31.0 Å². The lowest BCUT2D eigenvalue weighted by Gasteiger charge is -2.11. The van der Waals surface area contributed by atoms with Crippen molar-refractivity contribution in [1.82, 2.24) is 5.32 Å². The van der Waals surface area contributed by atoms with Crippen molar-refractivity contribution in [2.45, 2.75) is 6.54 Å². The topological polar surface area (TPSA) is 73.6 Å². The summed E-state index contributed by atoms with van der Waals surface area (Å²) >= 11 is 0. The number of ether oxygens (including phenoxy) is 2. The van der Waals surface area contributed by atoms with Crippen molar-refractivity contribution in [3.63, 3.8) is 0 Å². The van der Waals surface area contributed by atoms with Gasteiger partial charge in [0.1, 0.15) is 11.6 Å². The van der Waals surface area contributed by atoms with Crippen LogP contribution < -0.4 is 15.8 Å². The van der Waals surface area contributed by atoms with Crippen LogP contribution in [0.3, 0.4) is 0 Å². The summed E-state index contributed by atoms with van der Waals surface area (Å²) in [6, 6.07) is 4.11. The number of hydrogen-bond acceptors (Lipinski definition) is 4. The zero-order valence-electron chi connectivity index (χ0n) is 10.2. The van der Waals surface area contributed by atoms with Crippen LogP contribution in [-0.2, 0) is 16.1 Å². The molecule has 0 aliphatic heterocycles. The molecule has 1 aromatic rings. The molecule has 0 spiro atoms. The van der Waals surface area contributed by atoms with Crippen LogP contribution in [0.2, 0.25) is 0 Å². The van der Waals surface area contributed by atoms with Gasteiger partial charge in [0, 0.05) is 25.8 Å². The van der Waals surface area contributed by atoms with Crippen molar-refractivity contribution in [2.75, 3.05) is 26.9 Å². The normalized spacial score (nSPS) is 10.3. The molecule has 0 atom stereocenters. The molecule has 0 saturated carbocycles. The molecule has 1 aromatic carbocycles. The van der Waals surface area contributed by atoms with Crippen LogP contribution in [0.1, 0.15) is 5.56 Å². The van der Waals surface area contributed by atoms with Gasteiger partial charge in [-0.3, -0.25) is 4.79 Å². The summed E-state index contributed by atoms with van der Waals surface area (Å²) in [5.74, 6) is -0.484. The van der Waals surface area contributed by atoms with E-state index in [1.165, 1.54) is 18.2 Å². The van der Waals surface area contributed by atoms with E-state index in [4.69, 9.17) is 15.2 Å². The molecular formula is C12H17FN2O3. The van der Waals surface area contributed by atoms with E-state index in [1.807, 2.05) is 0 Å². The number of nitrogens with one attached hydrogen (secondary N) is 1. The first kappa shape index (κ1) is 14.4. The smallest absolute Gasteiger partial charge is 0.255 e. The number of halogens is 1. The number of amides is 1. The molecule has 1 rings (SSSR count). The largest absolute Gasteiger partial charge is 0.483 e. The van der Waals surface area contributed by atoms with E-state index in [0.717, 1.165) is 0 Å². The van der Waals surface area contributed by atoms with Gasteiger partial charge in [-0.25, -0.2) is 4.39 Å². The van der Waals surface area contributed by atoms with Crippen molar-refractivity contribution in [1.29, 1.82) is 0 Å². The molecule has 18 heavy (non-hydrogen) atoms. The zero-order valence-corrected chi connectivity index (χ0v) is 10.2. The third-order valence-corrected chi connectivity index (χ3v) is 2.19. The number of primary amides is 1. The summed E-state index contributed by atoms with van der Waals surface area (Å²) in [4.78, 5) is 10.6. The van der Waals surface area contributed by atoms with Gasteiger partial charge in [-0.15, -0.1) is 0 Å². The van der Waals surface area contributed by atoms with Crippen molar-refractivity contribution in [2.24, 2.45) is 5.73 Å². The maximum absolute atomic E-state index is 13.1. The van der Waals surface area contributed by atoms with E-state index in [9.17, 15) is 9.18 Å². The number of carbonyl (C=O) groups excluding carboxylic acids is 1. The Labute approximate surface area is 105 Å². The van der Waals surface area contributed by atoms with E-state index >= 15 is 0 Å².